The molecule has 0 radical (unpaired) electrons. The summed E-state index contributed by atoms with van der Waals surface area (Å²) in [6.45, 7) is 3.92. The maximum absolute atomic E-state index is 12.8. The summed E-state index contributed by atoms with van der Waals surface area (Å²) in [5, 5.41) is 4.94. The third kappa shape index (κ3) is 6.28. The van der Waals surface area contributed by atoms with E-state index in [2.05, 4.69) is 44.6 Å². The molecule has 5 aromatic rings. The van der Waals surface area contributed by atoms with Crippen LogP contribution in [0.5, 0.6) is 0 Å². The minimum Gasteiger partial charge on any atom is -0.447 e. The van der Waals surface area contributed by atoms with E-state index in [-0.39, 0.29) is 17.6 Å². The Labute approximate surface area is 221 Å². The second-order valence-corrected chi connectivity index (χ2v) is 9.62. The van der Waals surface area contributed by atoms with Crippen molar-refractivity contribution >= 4 is 28.4 Å². The topological polar surface area (TPSA) is 74.2 Å². The first-order valence-electron chi connectivity index (χ1n) is 12.4. The van der Waals surface area contributed by atoms with Gasteiger partial charge in [0.25, 0.3) is 5.91 Å². The van der Waals surface area contributed by atoms with Gasteiger partial charge in [0.15, 0.2) is 5.69 Å². The summed E-state index contributed by atoms with van der Waals surface area (Å²) < 4.78 is 5.73. The monoisotopic (exact) mass is 512 g/mol. The van der Waals surface area contributed by atoms with Crippen LogP contribution in [0.3, 0.4) is 0 Å². The van der Waals surface area contributed by atoms with Crippen LogP contribution in [0.15, 0.2) is 95.7 Å². The van der Waals surface area contributed by atoms with Crippen molar-refractivity contribution in [2.75, 3.05) is 6.54 Å². The van der Waals surface area contributed by atoms with Crippen molar-refractivity contribution in [1.29, 1.82) is 0 Å². The number of hydrogen-bond donors (Lipinski definition) is 2. The molecule has 7 heteroatoms. The van der Waals surface area contributed by atoms with Gasteiger partial charge >= 0.3 is 0 Å². The van der Waals surface area contributed by atoms with Gasteiger partial charge in [-0.3, -0.25) is 9.69 Å². The number of benzene rings is 3. The third-order valence-corrected chi connectivity index (χ3v) is 6.73. The molecule has 0 aliphatic rings. The van der Waals surface area contributed by atoms with Crippen molar-refractivity contribution in [2.24, 2.45) is 0 Å². The lowest BCUT2D eigenvalue weighted by atomic mass is 10.1. The lowest BCUT2D eigenvalue weighted by molar-refractivity contribution is 0.0934. The Morgan fingerprint density at radius 2 is 1.78 bits per heavy atom. The molecule has 6 nitrogen and oxygen atoms in total. The highest BCUT2D eigenvalue weighted by Gasteiger charge is 2.18. The highest BCUT2D eigenvalue weighted by Crippen LogP contribution is 2.20. The second kappa shape index (κ2) is 11.5. The molecule has 0 spiro atoms. The number of halogens is 1. The van der Waals surface area contributed by atoms with E-state index in [1.807, 2.05) is 67.6 Å². The number of nitrogens with zero attached hydrogens (tertiary/aromatic N) is 2. The summed E-state index contributed by atoms with van der Waals surface area (Å²) in [6.07, 6.45) is 4.37. The first-order valence-corrected chi connectivity index (χ1v) is 12.7. The molecule has 3 aromatic carbocycles. The molecule has 37 heavy (non-hydrogen) atoms. The van der Waals surface area contributed by atoms with E-state index in [1.54, 1.807) is 0 Å². The quantitative estimate of drug-likeness (QED) is 0.222. The minimum absolute atomic E-state index is 0.133. The van der Waals surface area contributed by atoms with Crippen molar-refractivity contribution < 1.29 is 9.21 Å². The van der Waals surface area contributed by atoms with Gasteiger partial charge in [-0.2, -0.15) is 0 Å². The third-order valence-electron chi connectivity index (χ3n) is 6.48. The van der Waals surface area contributed by atoms with Crippen molar-refractivity contribution in [3.8, 4) is 0 Å². The molecule has 2 N–H and O–H groups in total. The zero-order valence-corrected chi connectivity index (χ0v) is 21.4. The highest BCUT2D eigenvalue weighted by molar-refractivity contribution is 6.30. The van der Waals surface area contributed by atoms with Crippen LogP contribution in [0, 0.1) is 0 Å². The molecule has 1 amide bonds. The smallest absolute Gasteiger partial charge is 0.273 e. The Bertz CT molecular complexity index is 1460. The van der Waals surface area contributed by atoms with Gasteiger partial charge in [0.2, 0.25) is 5.89 Å². The zero-order chi connectivity index (χ0) is 25.6. The molecular weight excluding hydrogens is 484 g/mol. The molecule has 0 fully saturated rings. The number of fused-ring (bicyclic) bond motifs is 1. The van der Waals surface area contributed by atoms with E-state index in [4.69, 9.17) is 16.0 Å². The van der Waals surface area contributed by atoms with E-state index < -0.39 is 0 Å². The molecule has 0 saturated heterocycles. The Balaban J connectivity index is 1.28. The van der Waals surface area contributed by atoms with Crippen LogP contribution in [-0.2, 0) is 19.5 Å². The molecule has 0 unspecified atom stereocenters. The van der Waals surface area contributed by atoms with Crippen LogP contribution in [0.1, 0.15) is 46.0 Å². The summed E-state index contributed by atoms with van der Waals surface area (Å²) in [6, 6.07) is 25.9. The molecule has 0 saturated carbocycles. The van der Waals surface area contributed by atoms with Crippen LogP contribution in [0.25, 0.3) is 10.9 Å². The van der Waals surface area contributed by atoms with E-state index >= 15 is 0 Å². The van der Waals surface area contributed by atoms with Crippen LogP contribution >= 0.6 is 11.6 Å². The first kappa shape index (κ1) is 24.8. The Morgan fingerprint density at radius 1 is 1.03 bits per heavy atom. The number of carbonyl (C=O) groups excluding carboxylic acids is 1. The van der Waals surface area contributed by atoms with Crippen LogP contribution in [0.2, 0.25) is 5.02 Å². The average Bonchev–Trinajstić information content (AvgIpc) is 3.56. The van der Waals surface area contributed by atoms with Crippen LogP contribution < -0.4 is 5.32 Å². The molecule has 2 aromatic heterocycles. The molecule has 1 atom stereocenters. The minimum atomic E-state index is -0.255. The number of amides is 1. The van der Waals surface area contributed by atoms with Gasteiger partial charge in [0.05, 0.1) is 12.6 Å². The number of oxazole rings is 1. The molecule has 2 heterocycles. The Morgan fingerprint density at radius 3 is 2.59 bits per heavy atom. The van der Waals surface area contributed by atoms with Crippen LogP contribution in [0.4, 0.5) is 0 Å². The number of H-pyrrole nitrogens is 1. The summed E-state index contributed by atoms with van der Waals surface area (Å²) in [5.41, 5.74) is 4.85. The molecule has 188 valence electrons. The SMILES string of the molecule is C[C@@H](NC(=O)c1coc(CN(CCc2c[nH]c3ccccc23)Cc2ccc(Cl)cc2)n1)c1ccccc1. The van der Waals surface area contributed by atoms with Gasteiger partial charge in [0.1, 0.15) is 6.26 Å². The predicted octanol–water partition coefficient (Wildman–Crippen LogP) is 6.55. The van der Waals surface area contributed by atoms with Gasteiger partial charge < -0.3 is 14.7 Å². The largest absolute Gasteiger partial charge is 0.447 e. The lowest BCUT2D eigenvalue weighted by Gasteiger charge is -2.21. The fourth-order valence-electron chi connectivity index (χ4n) is 4.45. The van der Waals surface area contributed by atoms with E-state index in [1.165, 1.54) is 17.2 Å². The Hall–Kier alpha value is -3.87. The molecular formula is C30H29ClN4O2. The van der Waals surface area contributed by atoms with Crippen molar-refractivity contribution in [3.05, 3.63) is 125 Å². The molecule has 0 aliphatic heterocycles. The van der Waals surface area contributed by atoms with Crippen molar-refractivity contribution in [1.82, 2.24) is 20.2 Å². The number of nitrogens with one attached hydrogen (secondary N) is 2. The maximum Gasteiger partial charge on any atom is 0.273 e. The number of hydrogen-bond acceptors (Lipinski definition) is 4. The van der Waals surface area contributed by atoms with Gasteiger partial charge in [0, 0.05) is 35.2 Å². The van der Waals surface area contributed by atoms with Gasteiger partial charge in [-0.05, 0) is 48.2 Å². The van der Waals surface area contributed by atoms with Crippen molar-refractivity contribution in [3.63, 3.8) is 0 Å². The molecule has 0 aliphatic carbocycles. The standard InChI is InChI=1S/C30H29ClN4O2/c1-21(23-7-3-2-4-8-23)33-30(36)28-20-37-29(34-28)19-35(18-22-11-13-25(31)14-12-22)16-15-24-17-32-27-10-6-5-9-26(24)27/h2-14,17,20-21,32H,15-16,18-19H2,1H3,(H,33,36)/t21-/m1/s1. The predicted molar refractivity (Wildman–Crippen MR) is 146 cm³/mol. The van der Waals surface area contributed by atoms with E-state index in [0.717, 1.165) is 29.6 Å². The van der Waals surface area contributed by atoms with Gasteiger partial charge in [-0.1, -0.05) is 72.3 Å². The van der Waals surface area contributed by atoms with Crippen LogP contribution in [-0.4, -0.2) is 27.3 Å². The average molecular weight is 513 g/mol. The van der Waals surface area contributed by atoms with Gasteiger partial charge in [-0.25, -0.2) is 4.98 Å². The van der Waals surface area contributed by atoms with Crippen molar-refractivity contribution in [2.45, 2.75) is 32.5 Å². The highest BCUT2D eigenvalue weighted by atomic mass is 35.5. The number of para-hydroxylation sites is 1. The fourth-order valence-corrected chi connectivity index (χ4v) is 4.58. The first-order chi connectivity index (χ1) is 18.0. The number of carbonyl (C=O) groups is 1. The number of rotatable bonds is 10. The molecule has 0 bridgehead atoms. The number of aromatic nitrogens is 2. The van der Waals surface area contributed by atoms with Gasteiger partial charge in [-0.15, -0.1) is 0 Å². The normalized spacial score (nSPS) is 12.2. The maximum atomic E-state index is 12.8. The Kier molecular flexibility index (Phi) is 7.68. The lowest BCUT2D eigenvalue weighted by Crippen LogP contribution is -2.27. The summed E-state index contributed by atoms with van der Waals surface area (Å²) in [5.74, 6) is 0.250. The number of aromatic amines is 1. The second-order valence-electron chi connectivity index (χ2n) is 9.18. The zero-order valence-electron chi connectivity index (χ0n) is 20.7. The fraction of sp³-hybridized carbons (Fsp3) is 0.200. The summed E-state index contributed by atoms with van der Waals surface area (Å²) in [7, 11) is 0. The van der Waals surface area contributed by atoms with E-state index in [0.29, 0.717) is 24.0 Å². The van der Waals surface area contributed by atoms with E-state index in [9.17, 15) is 4.79 Å². The summed E-state index contributed by atoms with van der Waals surface area (Å²) in [4.78, 5) is 22.9. The molecule has 5 rings (SSSR count). The summed E-state index contributed by atoms with van der Waals surface area (Å²) >= 11 is 6.09.